The summed E-state index contributed by atoms with van der Waals surface area (Å²) in [6.45, 7) is 3.88. The number of alkyl halides is 3. The number of amidine groups is 1. The lowest BCUT2D eigenvalue weighted by molar-refractivity contribution is -0.274. The highest BCUT2D eigenvalue weighted by molar-refractivity contribution is 6.04. The first kappa shape index (κ1) is 26.7. The molecule has 2 rings (SSSR count). The van der Waals surface area contributed by atoms with Gasteiger partial charge in [-0.05, 0) is 37.6 Å². The van der Waals surface area contributed by atoms with Crippen LogP contribution in [-0.2, 0) is 4.74 Å². The third-order valence-corrected chi connectivity index (χ3v) is 3.96. The number of hydrogen-bond acceptors (Lipinski definition) is 5. The first-order valence-electron chi connectivity index (χ1n) is 9.73. The fraction of sp³-hybridized carbons (Fsp3) is 0.348. The fourth-order valence-electron chi connectivity index (χ4n) is 2.39. The van der Waals surface area contributed by atoms with Crippen LogP contribution in [0.3, 0.4) is 0 Å². The minimum absolute atomic E-state index is 0.187. The van der Waals surface area contributed by atoms with Crippen LogP contribution in [0.1, 0.15) is 41.3 Å². The molecule has 0 aliphatic rings. The summed E-state index contributed by atoms with van der Waals surface area (Å²) < 4.78 is 48.4. The Hall–Kier alpha value is -3.36. The van der Waals surface area contributed by atoms with Gasteiger partial charge >= 0.3 is 12.3 Å². The largest absolute Gasteiger partial charge is 0.573 e. The highest BCUT2D eigenvalue weighted by atomic mass is 19.4. The number of esters is 1. The molecule has 0 saturated carbocycles. The number of nitrogens with zero attached hydrogens (tertiary/aromatic N) is 2. The molecule has 0 atom stereocenters. The average molecular weight is 452 g/mol. The second-order valence-corrected chi connectivity index (χ2v) is 6.42. The summed E-state index contributed by atoms with van der Waals surface area (Å²) in [4.78, 5) is 20.1. The van der Waals surface area contributed by atoms with Crippen molar-refractivity contribution in [3.05, 3.63) is 59.2 Å². The van der Waals surface area contributed by atoms with E-state index in [0.29, 0.717) is 17.1 Å². The van der Waals surface area contributed by atoms with Gasteiger partial charge in [0.25, 0.3) is 0 Å². The molecule has 6 nitrogen and oxygen atoms in total. The fourth-order valence-corrected chi connectivity index (χ4v) is 2.39. The zero-order valence-electron chi connectivity index (χ0n) is 18.7. The molecule has 32 heavy (non-hydrogen) atoms. The summed E-state index contributed by atoms with van der Waals surface area (Å²) in [5, 5.41) is 0. The van der Waals surface area contributed by atoms with Crippen LogP contribution >= 0.6 is 0 Å². The number of methoxy groups -OCH3 is 2. The van der Waals surface area contributed by atoms with E-state index < -0.39 is 12.3 Å². The topological polar surface area (TPSA) is 69.5 Å². The van der Waals surface area contributed by atoms with Gasteiger partial charge in [-0.3, -0.25) is 4.99 Å². The summed E-state index contributed by atoms with van der Waals surface area (Å²) in [6.07, 6.45) is -0.834. The Balaban J connectivity index is 0.000000363. The number of benzene rings is 2. The monoisotopic (exact) mass is 452 g/mol. The summed E-state index contributed by atoms with van der Waals surface area (Å²) in [5.74, 6) is 0.431. The predicted octanol–water partition coefficient (Wildman–Crippen LogP) is 5.62. The standard InChI is InChI=1S/C15H20N2O3.C8H7F3O/c1-5-6-9-17-14(16-2)11-7-8-12(15(18)20-4)13(10-11)19-3;1-6-2-4-7(5-3-6)12-8(9,10)11/h7-10H,5-6H2,1-4H3;2-5H,1H3. The van der Waals surface area contributed by atoms with Crippen LogP contribution in [-0.4, -0.2) is 45.6 Å². The summed E-state index contributed by atoms with van der Waals surface area (Å²) in [7, 11) is 4.53. The van der Waals surface area contributed by atoms with Crippen molar-refractivity contribution in [2.45, 2.75) is 33.1 Å². The molecule has 0 amide bonds. The van der Waals surface area contributed by atoms with Crippen LogP contribution in [0.15, 0.2) is 52.4 Å². The van der Waals surface area contributed by atoms with Crippen molar-refractivity contribution in [3.8, 4) is 11.5 Å². The summed E-state index contributed by atoms with van der Waals surface area (Å²) in [6, 6.07) is 10.8. The Labute approximate surface area is 185 Å². The molecular formula is C23H27F3N2O4. The second-order valence-electron chi connectivity index (χ2n) is 6.42. The Bertz CT molecular complexity index is 924. The lowest BCUT2D eigenvalue weighted by Gasteiger charge is -2.09. The number of aliphatic imine (C=N–C) groups is 2. The number of ether oxygens (including phenoxy) is 3. The second kappa shape index (κ2) is 13.1. The molecule has 0 aromatic heterocycles. The zero-order chi connectivity index (χ0) is 24.1. The Morgan fingerprint density at radius 1 is 1.09 bits per heavy atom. The minimum Gasteiger partial charge on any atom is -0.496 e. The van der Waals surface area contributed by atoms with Crippen LogP contribution in [0.2, 0.25) is 0 Å². The third-order valence-electron chi connectivity index (χ3n) is 3.96. The molecule has 0 fully saturated rings. The maximum absolute atomic E-state index is 11.6. The van der Waals surface area contributed by atoms with Crippen molar-refractivity contribution in [3.63, 3.8) is 0 Å². The van der Waals surface area contributed by atoms with Crippen LogP contribution in [0.25, 0.3) is 0 Å². The van der Waals surface area contributed by atoms with E-state index in [1.807, 2.05) is 6.21 Å². The number of unbranched alkanes of at least 4 members (excludes halogenated alkanes) is 1. The number of carbonyl (C=O) groups is 1. The SMILES string of the molecule is CCCC=NC(=NC)c1ccc(C(=O)OC)c(OC)c1.Cc1ccc(OC(F)(F)F)cc1. The number of carbonyl (C=O) groups excluding carboxylic acids is 1. The Kier molecular flexibility index (Phi) is 11.0. The van der Waals surface area contributed by atoms with Gasteiger partial charge in [-0.25, -0.2) is 9.79 Å². The lowest BCUT2D eigenvalue weighted by atomic mass is 10.1. The molecule has 174 valence electrons. The molecule has 0 radical (unpaired) electrons. The molecule has 2 aromatic rings. The molecular weight excluding hydrogens is 425 g/mol. The number of aryl methyl sites for hydroxylation is 1. The summed E-state index contributed by atoms with van der Waals surface area (Å²) >= 11 is 0. The Morgan fingerprint density at radius 3 is 2.25 bits per heavy atom. The highest BCUT2D eigenvalue weighted by Crippen LogP contribution is 2.23. The van der Waals surface area contributed by atoms with E-state index in [9.17, 15) is 18.0 Å². The molecule has 9 heteroatoms. The molecule has 0 unspecified atom stereocenters. The molecule has 0 spiro atoms. The van der Waals surface area contributed by atoms with Crippen LogP contribution in [0, 0.1) is 6.92 Å². The maximum Gasteiger partial charge on any atom is 0.573 e. The zero-order valence-corrected chi connectivity index (χ0v) is 18.7. The minimum atomic E-state index is -4.60. The number of halogens is 3. The molecule has 0 aliphatic heterocycles. The van der Waals surface area contributed by atoms with Crippen molar-refractivity contribution in [1.29, 1.82) is 0 Å². The maximum atomic E-state index is 11.6. The van der Waals surface area contributed by atoms with Crippen molar-refractivity contribution in [2.75, 3.05) is 21.3 Å². The van der Waals surface area contributed by atoms with Gasteiger partial charge in [0, 0.05) is 18.8 Å². The smallest absolute Gasteiger partial charge is 0.496 e. The van der Waals surface area contributed by atoms with E-state index in [0.717, 1.165) is 24.0 Å². The molecule has 2 aromatic carbocycles. The van der Waals surface area contributed by atoms with Gasteiger partial charge < -0.3 is 14.2 Å². The normalized spacial score (nSPS) is 11.6. The highest BCUT2D eigenvalue weighted by Gasteiger charge is 2.30. The van der Waals surface area contributed by atoms with Crippen molar-refractivity contribution >= 4 is 18.0 Å². The van der Waals surface area contributed by atoms with Gasteiger partial charge in [0.1, 0.15) is 17.1 Å². The first-order valence-corrected chi connectivity index (χ1v) is 9.73. The lowest BCUT2D eigenvalue weighted by Crippen LogP contribution is -2.16. The van der Waals surface area contributed by atoms with Gasteiger partial charge in [-0.1, -0.05) is 37.1 Å². The van der Waals surface area contributed by atoms with Crippen LogP contribution in [0.5, 0.6) is 11.5 Å². The van der Waals surface area contributed by atoms with Crippen LogP contribution in [0.4, 0.5) is 13.2 Å². The van der Waals surface area contributed by atoms with Crippen molar-refractivity contribution < 1.29 is 32.2 Å². The van der Waals surface area contributed by atoms with Gasteiger partial charge in [0.05, 0.1) is 14.2 Å². The van der Waals surface area contributed by atoms with Gasteiger partial charge in [0.15, 0.2) is 5.84 Å². The van der Waals surface area contributed by atoms with E-state index >= 15 is 0 Å². The van der Waals surface area contributed by atoms with Crippen molar-refractivity contribution in [1.82, 2.24) is 0 Å². The molecule has 0 N–H and O–H groups in total. The molecule has 0 aliphatic carbocycles. The predicted molar refractivity (Wildman–Crippen MR) is 118 cm³/mol. The molecule has 0 bridgehead atoms. The van der Waals surface area contributed by atoms with Gasteiger partial charge in [-0.15, -0.1) is 13.2 Å². The van der Waals surface area contributed by atoms with E-state index in [-0.39, 0.29) is 5.75 Å². The third kappa shape index (κ3) is 9.20. The van der Waals surface area contributed by atoms with Gasteiger partial charge in [0.2, 0.25) is 0 Å². The van der Waals surface area contributed by atoms with Crippen molar-refractivity contribution in [2.24, 2.45) is 9.98 Å². The molecule has 0 saturated heterocycles. The quantitative estimate of drug-likeness (QED) is 0.324. The summed E-state index contributed by atoms with van der Waals surface area (Å²) in [5.41, 5.74) is 2.07. The number of rotatable bonds is 6. The van der Waals surface area contributed by atoms with Crippen LogP contribution < -0.4 is 9.47 Å². The van der Waals surface area contributed by atoms with E-state index in [4.69, 9.17) is 9.47 Å². The van der Waals surface area contributed by atoms with E-state index in [2.05, 4.69) is 21.6 Å². The van der Waals surface area contributed by atoms with E-state index in [1.165, 1.54) is 26.4 Å². The van der Waals surface area contributed by atoms with Gasteiger partial charge in [-0.2, -0.15) is 0 Å². The Morgan fingerprint density at radius 2 is 1.75 bits per heavy atom. The van der Waals surface area contributed by atoms with E-state index in [1.54, 1.807) is 44.3 Å². The average Bonchev–Trinajstić information content (AvgIpc) is 2.77. The first-order chi connectivity index (χ1) is 15.1. The molecule has 0 heterocycles. The number of hydrogen-bond donors (Lipinski definition) is 0.